The van der Waals surface area contributed by atoms with Crippen molar-refractivity contribution in [2.24, 2.45) is 0 Å². The van der Waals surface area contributed by atoms with Crippen molar-refractivity contribution >= 4 is 44.7 Å². The van der Waals surface area contributed by atoms with E-state index in [4.69, 9.17) is 16.3 Å². The molecule has 1 aliphatic heterocycles. The predicted molar refractivity (Wildman–Crippen MR) is 126 cm³/mol. The van der Waals surface area contributed by atoms with Crippen LogP contribution in [0.15, 0.2) is 71.6 Å². The molecule has 3 aromatic rings. The number of halogens is 1. The number of fused-ring (bicyclic) bond motifs is 1. The molecule has 0 aliphatic carbocycles. The fraction of sp³-hybridized carbons (Fsp3) is 0.174. The van der Waals surface area contributed by atoms with E-state index in [1.165, 1.54) is 11.4 Å². The molecule has 0 atom stereocenters. The molecule has 2 N–H and O–H groups in total. The van der Waals surface area contributed by atoms with E-state index < -0.39 is 16.1 Å². The van der Waals surface area contributed by atoms with Gasteiger partial charge in [-0.1, -0.05) is 29.8 Å². The summed E-state index contributed by atoms with van der Waals surface area (Å²) in [6, 6.07) is 18.1. The number of carbonyl (C=O) groups excluding carboxylic acids is 1. The lowest BCUT2D eigenvalue weighted by Gasteiger charge is -2.31. The molecule has 1 heterocycles. The Labute approximate surface area is 192 Å². The number of amides is 2. The zero-order chi connectivity index (χ0) is 22.7. The molecule has 9 heteroatoms. The lowest BCUT2D eigenvalue weighted by molar-refractivity contribution is 0.262. The number of urea groups is 1. The zero-order valence-electron chi connectivity index (χ0n) is 17.3. The van der Waals surface area contributed by atoms with E-state index in [1.807, 2.05) is 0 Å². The van der Waals surface area contributed by atoms with Crippen LogP contribution in [0.2, 0.25) is 5.02 Å². The largest absolute Gasteiger partial charge is 0.495 e. The minimum Gasteiger partial charge on any atom is -0.495 e. The summed E-state index contributed by atoms with van der Waals surface area (Å²) in [5, 5.41) is 5.97. The van der Waals surface area contributed by atoms with Crippen molar-refractivity contribution in [3.05, 3.63) is 77.3 Å². The van der Waals surface area contributed by atoms with E-state index in [0.29, 0.717) is 40.8 Å². The Morgan fingerprint density at radius 1 is 1.03 bits per heavy atom. The third kappa shape index (κ3) is 4.51. The SMILES string of the molecule is COc1ccc(Cl)cc1NC(=O)Nc1ccc2c(c1)CCCN2S(=O)(=O)c1ccccc1. The van der Waals surface area contributed by atoms with Crippen LogP contribution in [0.25, 0.3) is 0 Å². The minimum absolute atomic E-state index is 0.255. The van der Waals surface area contributed by atoms with Gasteiger partial charge in [0, 0.05) is 17.3 Å². The Balaban J connectivity index is 1.54. The highest BCUT2D eigenvalue weighted by molar-refractivity contribution is 7.92. The van der Waals surface area contributed by atoms with Crippen LogP contribution >= 0.6 is 11.6 Å². The van der Waals surface area contributed by atoms with Gasteiger partial charge in [0.25, 0.3) is 10.0 Å². The Morgan fingerprint density at radius 2 is 1.81 bits per heavy atom. The Kier molecular flexibility index (Phi) is 6.25. The summed E-state index contributed by atoms with van der Waals surface area (Å²) in [5.41, 5.74) is 2.48. The van der Waals surface area contributed by atoms with Crippen molar-refractivity contribution < 1.29 is 17.9 Å². The van der Waals surface area contributed by atoms with Crippen molar-refractivity contribution in [1.82, 2.24) is 0 Å². The van der Waals surface area contributed by atoms with Gasteiger partial charge < -0.3 is 15.4 Å². The van der Waals surface area contributed by atoms with Crippen molar-refractivity contribution in [3.8, 4) is 5.75 Å². The number of anilines is 3. The van der Waals surface area contributed by atoms with Gasteiger partial charge in [0.05, 0.1) is 23.4 Å². The smallest absolute Gasteiger partial charge is 0.323 e. The Hall–Kier alpha value is -3.23. The van der Waals surface area contributed by atoms with Gasteiger partial charge in [-0.15, -0.1) is 0 Å². The molecule has 4 rings (SSSR count). The standard InChI is InChI=1S/C23H22ClN3O4S/c1-31-22-12-9-17(24)15-20(22)26-23(28)25-18-10-11-21-16(14-18)6-5-13-27(21)32(29,30)19-7-3-2-4-8-19/h2-4,7-12,14-15H,5-6,13H2,1H3,(H2,25,26,28). The third-order valence-corrected chi connectivity index (χ3v) is 7.22. The van der Waals surface area contributed by atoms with Gasteiger partial charge in [0.15, 0.2) is 0 Å². The summed E-state index contributed by atoms with van der Waals surface area (Å²) >= 11 is 6.01. The molecule has 0 aromatic heterocycles. The first kappa shape index (κ1) is 22.0. The quantitative estimate of drug-likeness (QED) is 0.539. The lowest BCUT2D eigenvalue weighted by Crippen LogP contribution is -2.35. The summed E-state index contributed by atoms with van der Waals surface area (Å²) in [4.78, 5) is 12.8. The van der Waals surface area contributed by atoms with Crippen LogP contribution < -0.4 is 19.7 Å². The number of benzene rings is 3. The number of hydrogen-bond acceptors (Lipinski definition) is 4. The summed E-state index contributed by atoms with van der Waals surface area (Å²) < 4.78 is 32.9. The van der Waals surface area contributed by atoms with Crippen LogP contribution in [-0.2, 0) is 16.4 Å². The number of methoxy groups -OCH3 is 1. The van der Waals surface area contributed by atoms with Crippen molar-refractivity contribution in [2.75, 3.05) is 28.6 Å². The molecule has 3 aromatic carbocycles. The van der Waals surface area contributed by atoms with Gasteiger partial charge in [0.1, 0.15) is 5.75 Å². The predicted octanol–water partition coefficient (Wildman–Crippen LogP) is 5.13. The molecular weight excluding hydrogens is 450 g/mol. The Morgan fingerprint density at radius 3 is 2.56 bits per heavy atom. The fourth-order valence-electron chi connectivity index (χ4n) is 3.67. The monoisotopic (exact) mass is 471 g/mol. The van der Waals surface area contributed by atoms with Gasteiger partial charge in [-0.3, -0.25) is 4.31 Å². The molecule has 0 fully saturated rings. The van der Waals surface area contributed by atoms with Crippen molar-refractivity contribution in [2.45, 2.75) is 17.7 Å². The van der Waals surface area contributed by atoms with Crippen LogP contribution in [0.3, 0.4) is 0 Å². The number of carbonyl (C=O) groups is 1. The number of rotatable bonds is 5. The van der Waals surface area contributed by atoms with E-state index in [-0.39, 0.29) is 4.90 Å². The highest BCUT2D eigenvalue weighted by atomic mass is 35.5. The normalized spacial score (nSPS) is 13.2. The van der Waals surface area contributed by atoms with Crippen LogP contribution in [0.4, 0.5) is 21.9 Å². The fourth-order valence-corrected chi connectivity index (χ4v) is 5.41. The number of hydrogen-bond donors (Lipinski definition) is 2. The molecule has 32 heavy (non-hydrogen) atoms. The number of ether oxygens (including phenoxy) is 1. The topological polar surface area (TPSA) is 87.7 Å². The molecule has 0 radical (unpaired) electrons. The first-order valence-corrected chi connectivity index (χ1v) is 11.8. The molecule has 166 valence electrons. The maximum Gasteiger partial charge on any atom is 0.323 e. The van der Waals surface area contributed by atoms with Gasteiger partial charge in [-0.25, -0.2) is 13.2 Å². The molecule has 2 amide bonds. The van der Waals surface area contributed by atoms with E-state index >= 15 is 0 Å². The number of aryl methyl sites for hydroxylation is 1. The molecule has 7 nitrogen and oxygen atoms in total. The number of sulfonamides is 1. The average Bonchev–Trinajstić information content (AvgIpc) is 2.79. The van der Waals surface area contributed by atoms with Gasteiger partial charge in [0.2, 0.25) is 0 Å². The van der Waals surface area contributed by atoms with E-state index in [1.54, 1.807) is 66.7 Å². The molecule has 0 saturated carbocycles. The molecule has 0 unspecified atom stereocenters. The third-order valence-electron chi connectivity index (χ3n) is 5.15. The number of nitrogens with zero attached hydrogens (tertiary/aromatic N) is 1. The summed E-state index contributed by atoms with van der Waals surface area (Å²) in [6.07, 6.45) is 1.41. The maximum atomic E-state index is 13.1. The van der Waals surface area contributed by atoms with Crippen LogP contribution in [0.5, 0.6) is 5.75 Å². The second-order valence-electron chi connectivity index (χ2n) is 7.26. The van der Waals surface area contributed by atoms with Gasteiger partial charge in [-0.05, 0) is 66.9 Å². The maximum absolute atomic E-state index is 13.1. The first-order chi connectivity index (χ1) is 15.4. The Bertz CT molecular complexity index is 1250. The highest BCUT2D eigenvalue weighted by Crippen LogP contribution is 2.34. The molecule has 0 saturated heterocycles. The van der Waals surface area contributed by atoms with Gasteiger partial charge in [-0.2, -0.15) is 0 Å². The highest BCUT2D eigenvalue weighted by Gasteiger charge is 2.29. The molecule has 1 aliphatic rings. The summed E-state index contributed by atoms with van der Waals surface area (Å²) in [7, 11) is -2.15. The van der Waals surface area contributed by atoms with Crippen molar-refractivity contribution in [1.29, 1.82) is 0 Å². The molecule has 0 spiro atoms. The van der Waals surface area contributed by atoms with Crippen molar-refractivity contribution in [3.63, 3.8) is 0 Å². The van der Waals surface area contributed by atoms with Crippen LogP contribution in [0, 0.1) is 0 Å². The first-order valence-electron chi connectivity index (χ1n) is 10.0. The lowest BCUT2D eigenvalue weighted by atomic mass is 10.0. The number of nitrogens with one attached hydrogen (secondary N) is 2. The average molecular weight is 472 g/mol. The second-order valence-corrected chi connectivity index (χ2v) is 9.56. The molecule has 0 bridgehead atoms. The minimum atomic E-state index is -3.66. The zero-order valence-corrected chi connectivity index (χ0v) is 18.9. The van der Waals surface area contributed by atoms with E-state index in [0.717, 1.165) is 12.0 Å². The summed E-state index contributed by atoms with van der Waals surface area (Å²) in [6.45, 7) is 0.409. The van der Waals surface area contributed by atoms with E-state index in [9.17, 15) is 13.2 Å². The second kappa shape index (κ2) is 9.10. The van der Waals surface area contributed by atoms with E-state index in [2.05, 4.69) is 10.6 Å². The summed E-state index contributed by atoms with van der Waals surface area (Å²) in [5.74, 6) is 0.483. The van der Waals surface area contributed by atoms with Gasteiger partial charge >= 0.3 is 6.03 Å². The van der Waals surface area contributed by atoms with Crippen LogP contribution in [0.1, 0.15) is 12.0 Å². The van der Waals surface area contributed by atoms with Crippen LogP contribution in [-0.4, -0.2) is 28.1 Å². The molecular formula is C23H22ClN3O4S.